The molecule has 3 aromatic rings. The van der Waals surface area contributed by atoms with Crippen LogP contribution < -0.4 is 9.47 Å². The molecule has 0 bridgehead atoms. The average molecular weight is 364 g/mol. The van der Waals surface area contributed by atoms with E-state index in [4.69, 9.17) is 9.47 Å². The van der Waals surface area contributed by atoms with Crippen LogP contribution >= 0.6 is 0 Å². The van der Waals surface area contributed by atoms with E-state index in [1.807, 2.05) is 0 Å². The summed E-state index contributed by atoms with van der Waals surface area (Å²) in [4.78, 5) is 12.4. The third-order valence-electron chi connectivity index (χ3n) is 4.19. The second-order valence-corrected chi connectivity index (χ2v) is 6.00. The molecule has 1 heterocycles. The summed E-state index contributed by atoms with van der Waals surface area (Å²) in [7, 11) is 0. The molecule has 0 spiro atoms. The minimum atomic E-state index is -0.439. The fraction of sp³-hybridized carbons (Fsp3) is 0.0455. The average Bonchev–Trinajstić information content (AvgIpc) is 2.98. The molecule has 0 aromatic heterocycles. The number of fused-ring (bicyclic) bond motifs is 1. The maximum atomic E-state index is 13.8. The zero-order valence-electron chi connectivity index (χ0n) is 14.1. The SMILES string of the molecule is O=C1/C(=C/c2ccccc2F)Oc2cc(OCc3ccccc3F)ccc21. The number of carbonyl (C=O) groups is 1. The smallest absolute Gasteiger partial charge is 0.231 e. The summed E-state index contributed by atoms with van der Waals surface area (Å²) in [6.07, 6.45) is 1.37. The molecular formula is C22H14F2O3. The van der Waals surface area contributed by atoms with Gasteiger partial charge in [-0.1, -0.05) is 36.4 Å². The number of benzene rings is 3. The maximum absolute atomic E-state index is 13.8. The molecule has 0 amide bonds. The Morgan fingerprint density at radius 1 is 0.926 bits per heavy atom. The molecule has 1 aliphatic heterocycles. The minimum absolute atomic E-state index is 0.0429. The summed E-state index contributed by atoms with van der Waals surface area (Å²) in [5, 5.41) is 0. The highest BCUT2D eigenvalue weighted by Gasteiger charge is 2.28. The van der Waals surface area contributed by atoms with Crippen molar-refractivity contribution in [3.05, 3.63) is 101 Å². The van der Waals surface area contributed by atoms with Crippen molar-refractivity contribution in [3.8, 4) is 11.5 Å². The Balaban J connectivity index is 1.54. The molecule has 1 aliphatic rings. The third kappa shape index (κ3) is 3.44. The van der Waals surface area contributed by atoms with Gasteiger partial charge in [0.1, 0.15) is 29.7 Å². The number of rotatable bonds is 4. The van der Waals surface area contributed by atoms with Gasteiger partial charge in [0.25, 0.3) is 0 Å². The number of hydrogen-bond acceptors (Lipinski definition) is 3. The van der Waals surface area contributed by atoms with Crippen molar-refractivity contribution < 1.29 is 23.0 Å². The summed E-state index contributed by atoms with van der Waals surface area (Å²) >= 11 is 0. The Labute approximate surface area is 154 Å². The molecule has 0 saturated heterocycles. The molecule has 3 nitrogen and oxygen atoms in total. The Bertz CT molecular complexity index is 1060. The van der Waals surface area contributed by atoms with Crippen molar-refractivity contribution in [2.45, 2.75) is 6.61 Å². The Kier molecular flexibility index (Phi) is 4.42. The first-order valence-corrected chi connectivity index (χ1v) is 8.31. The molecular weight excluding hydrogens is 350 g/mol. The van der Waals surface area contributed by atoms with Crippen molar-refractivity contribution in [1.29, 1.82) is 0 Å². The van der Waals surface area contributed by atoms with Gasteiger partial charge in [-0.2, -0.15) is 0 Å². The number of Topliss-reactive ketones (excluding diaryl/α,β-unsaturated/α-hetero) is 1. The summed E-state index contributed by atoms with van der Waals surface area (Å²) in [5.41, 5.74) is 1.07. The summed E-state index contributed by atoms with van der Waals surface area (Å²) in [5.74, 6) is -0.299. The van der Waals surface area contributed by atoms with Gasteiger partial charge in [0.2, 0.25) is 5.78 Å². The number of carbonyl (C=O) groups excluding carboxylic acids is 1. The maximum Gasteiger partial charge on any atom is 0.231 e. The predicted molar refractivity (Wildman–Crippen MR) is 96.5 cm³/mol. The molecule has 0 unspecified atom stereocenters. The van der Waals surface area contributed by atoms with E-state index in [0.29, 0.717) is 22.6 Å². The fourth-order valence-corrected chi connectivity index (χ4v) is 2.77. The number of halogens is 2. The summed E-state index contributed by atoms with van der Waals surface area (Å²) in [6, 6.07) is 17.2. The standard InChI is InChI=1S/C22H14F2O3/c23-18-7-3-1-5-14(18)11-21-22(25)17-10-9-16(12-20(17)27-21)26-13-15-6-2-4-8-19(15)24/h1-12H,13H2/b21-11-. The van der Waals surface area contributed by atoms with Crippen molar-refractivity contribution >= 4 is 11.9 Å². The van der Waals surface area contributed by atoms with Crippen LogP contribution in [0.2, 0.25) is 0 Å². The summed E-state index contributed by atoms with van der Waals surface area (Å²) < 4.78 is 38.6. The van der Waals surface area contributed by atoms with Crippen molar-refractivity contribution in [1.82, 2.24) is 0 Å². The number of ketones is 1. The Morgan fingerprint density at radius 3 is 2.44 bits per heavy atom. The van der Waals surface area contributed by atoms with Gasteiger partial charge in [-0.25, -0.2) is 8.78 Å². The van der Waals surface area contributed by atoms with Crippen LogP contribution in [-0.4, -0.2) is 5.78 Å². The van der Waals surface area contributed by atoms with Crippen LogP contribution in [0.4, 0.5) is 8.78 Å². The third-order valence-corrected chi connectivity index (χ3v) is 4.19. The Hall–Kier alpha value is -3.47. The van der Waals surface area contributed by atoms with E-state index >= 15 is 0 Å². The van der Waals surface area contributed by atoms with Gasteiger partial charge in [-0.15, -0.1) is 0 Å². The van der Waals surface area contributed by atoms with Crippen LogP contribution in [0.15, 0.2) is 72.5 Å². The van der Waals surface area contributed by atoms with E-state index in [0.717, 1.165) is 0 Å². The lowest BCUT2D eigenvalue weighted by Gasteiger charge is -2.08. The van der Waals surface area contributed by atoms with E-state index in [-0.39, 0.29) is 29.5 Å². The second kappa shape index (κ2) is 7.03. The molecule has 27 heavy (non-hydrogen) atoms. The lowest BCUT2D eigenvalue weighted by molar-refractivity contribution is 0.101. The van der Waals surface area contributed by atoms with Gasteiger partial charge >= 0.3 is 0 Å². The molecule has 0 atom stereocenters. The molecule has 134 valence electrons. The quantitative estimate of drug-likeness (QED) is 0.600. The van der Waals surface area contributed by atoms with Crippen molar-refractivity contribution in [2.24, 2.45) is 0 Å². The topological polar surface area (TPSA) is 35.5 Å². The molecule has 0 N–H and O–H groups in total. The number of hydrogen-bond donors (Lipinski definition) is 0. The molecule has 5 heteroatoms. The van der Waals surface area contributed by atoms with Gasteiger partial charge in [0.05, 0.1) is 5.56 Å². The van der Waals surface area contributed by atoms with Crippen LogP contribution in [-0.2, 0) is 6.61 Å². The Morgan fingerprint density at radius 2 is 1.67 bits per heavy atom. The van der Waals surface area contributed by atoms with Crippen molar-refractivity contribution in [3.63, 3.8) is 0 Å². The number of allylic oxidation sites excluding steroid dienone is 1. The van der Waals surface area contributed by atoms with Crippen molar-refractivity contribution in [2.75, 3.05) is 0 Å². The van der Waals surface area contributed by atoms with Crippen LogP contribution in [0.25, 0.3) is 6.08 Å². The first-order valence-electron chi connectivity index (χ1n) is 8.31. The van der Waals surface area contributed by atoms with Gasteiger partial charge in [0.15, 0.2) is 5.76 Å². The van der Waals surface area contributed by atoms with E-state index in [9.17, 15) is 13.6 Å². The molecule has 3 aromatic carbocycles. The fourth-order valence-electron chi connectivity index (χ4n) is 2.77. The van der Waals surface area contributed by atoms with Crippen LogP contribution in [0.1, 0.15) is 21.5 Å². The molecule has 0 aliphatic carbocycles. The van der Waals surface area contributed by atoms with E-state index < -0.39 is 5.82 Å². The van der Waals surface area contributed by atoms with E-state index in [2.05, 4.69) is 0 Å². The second-order valence-electron chi connectivity index (χ2n) is 6.00. The molecule has 0 fully saturated rings. The molecule has 0 saturated carbocycles. The monoisotopic (exact) mass is 364 g/mol. The van der Waals surface area contributed by atoms with Gasteiger partial charge in [-0.05, 0) is 30.3 Å². The first kappa shape index (κ1) is 17.0. The zero-order valence-corrected chi connectivity index (χ0v) is 14.1. The van der Waals surface area contributed by atoms with Gasteiger partial charge < -0.3 is 9.47 Å². The summed E-state index contributed by atoms with van der Waals surface area (Å²) in [6.45, 7) is 0.0529. The highest BCUT2D eigenvalue weighted by Crippen LogP contribution is 2.35. The van der Waals surface area contributed by atoms with E-state index in [1.165, 1.54) is 18.2 Å². The highest BCUT2D eigenvalue weighted by molar-refractivity contribution is 6.14. The molecule has 0 radical (unpaired) electrons. The van der Waals surface area contributed by atoms with E-state index in [1.54, 1.807) is 54.6 Å². The molecule has 4 rings (SSSR count). The lowest BCUT2D eigenvalue weighted by Crippen LogP contribution is -1.99. The van der Waals surface area contributed by atoms with Gasteiger partial charge in [-0.3, -0.25) is 4.79 Å². The van der Waals surface area contributed by atoms with Crippen LogP contribution in [0.3, 0.4) is 0 Å². The number of ether oxygens (including phenoxy) is 2. The lowest BCUT2D eigenvalue weighted by atomic mass is 10.1. The predicted octanol–water partition coefficient (Wildman–Crippen LogP) is 5.16. The van der Waals surface area contributed by atoms with Gasteiger partial charge in [0, 0.05) is 17.2 Å². The first-order chi connectivity index (χ1) is 13.1. The zero-order chi connectivity index (χ0) is 18.8. The van der Waals surface area contributed by atoms with Crippen LogP contribution in [0, 0.1) is 11.6 Å². The largest absolute Gasteiger partial charge is 0.489 e. The minimum Gasteiger partial charge on any atom is -0.489 e. The normalized spacial score (nSPS) is 14.1. The highest BCUT2D eigenvalue weighted by atomic mass is 19.1. The van der Waals surface area contributed by atoms with Crippen LogP contribution in [0.5, 0.6) is 11.5 Å².